The lowest BCUT2D eigenvalue weighted by Crippen LogP contribution is -2.23. The maximum Gasteiger partial charge on any atom is 0.416 e. The summed E-state index contributed by atoms with van der Waals surface area (Å²) in [5.41, 5.74) is -1.07. The summed E-state index contributed by atoms with van der Waals surface area (Å²) in [5, 5.41) is 2.32. The lowest BCUT2D eigenvalue weighted by molar-refractivity contribution is -0.137. The number of rotatable bonds is 5. The van der Waals surface area contributed by atoms with Gasteiger partial charge in [0.2, 0.25) is 0 Å². The number of nitrogens with one attached hydrogen (secondary N) is 1. The number of nitrogens with zero attached hydrogens (tertiary/aromatic N) is 3. The van der Waals surface area contributed by atoms with E-state index in [1.807, 2.05) is 18.7 Å². The van der Waals surface area contributed by atoms with Crippen molar-refractivity contribution in [3.8, 4) is 0 Å². The summed E-state index contributed by atoms with van der Waals surface area (Å²) in [6, 6.07) is 2.70. The summed E-state index contributed by atoms with van der Waals surface area (Å²) in [5.74, 6) is -0.0847. The van der Waals surface area contributed by atoms with Crippen molar-refractivity contribution in [2.75, 3.05) is 23.3 Å². The number of hydrogen-bond donors (Lipinski definition) is 1. The minimum atomic E-state index is -4.53. The van der Waals surface area contributed by atoms with Crippen LogP contribution in [0.5, 0.6) is 0 Å². The molecule has 5 nitrogen and oxygen atoms in total. The Kier molecular flexibility index (Phi) is 5.84. The first-order valence-electron chi connectivity index (χ1n) is 7.51. The van der Waals surface area contributed by atoms with Crippen LogP contribution >= 0.6 is 11.6 Å². The molecule has 0 bridgehead atoms. The Morgan fingerprint density at radius 3 is 2.40 bits per heavy atom. The smallest absolute Gasteiger partial charge is 0.356 e. The average molecular weight is 373 g/mol. The Hall–Kier alpha value is -2.35. The molecule has 9 heteroatoms. The van der Waals surface area contributed by atoms with Crippen molar-refractivity contribution in [1.29, 1.82) is 0 Å². The summed E-state index contributed by atoms with van der Waals surface area (Å²) >= 11 is 5.86. The van der Waals surface area contributed by atoms with Gasteiger partial charge < -0.3 is 10.2 Å². The fourth-order valence-corrected chi connectivity index (χ4v) is 2.30. The summed E-state index contributed by atoms with van der Waals surface area (Å²) in [7, 11) is 0. The zero-order valence-corrected chi connectivity index (χ0v) is 14.3. The molecule has 1 aromatic carbocycles. The molecular weight excluding hydrogens is 357 g/mol. The predicted molar refractivity (Wildman–Crippen MR) is 90.0 cm³/mol. The normalized spacial score (nSPS) is 11.3. The Bertz CT molecular complexity index is 746. The van der Waals surface area contributed by atoms with Gasteiger partial charge in [0.05, 0.1) is 28.7 Å². The van der Waals surface area contributed by atoms with Crippen LogP contribution < -0.4 is 10.2 Å². The Morgan fingerprint density at radius 1 is 1.20 bits per heavy atom. The molecule has 1 aromatic heterocycles. The highest BCUT2D eigenvalue weighted by atomic mass is 35.5. The summed E-state index contributed by atoms with van der Waals surface area (Å²) in [4.78, 5) is 22.3. The lowest BCUT2D eigenvalue weighted by Gasteiger charge is -2.19. The second-order valence-electron chi connectivity index (χ2n) is 5.08. The van der Waals surface area contributed by atoms with Gasteiger partial charge in [-0.25, -0.2) is 9.97 Å². The predicted octanol–water partition coefficient (Wildman–Crippen LogP) is 4.25. The Labute approximate surface area is 147 Å². The molecule has 0 aliphatic heterocycles. The van der Waals surface area contributed by atoms with Crippen LogP contribution in [0.25, 0.3) is 0 Å². The van der Waals surface area contributed by atoms with Gasteiger partial charge in [-0.15, -0.1) is 0 Å². The van der Waals surface area contributed by atoms with Crippen LogP contribution in [0.3, 0.4) is 0 Å². The highest BCUT2D eigenvalue weighted by molar-refractivity contribution is 6.33. The van der Waals surface area contributed by atoms with E-state index in [0.29, 0.717) is 5.82 Å². The van der Waals surface area contributed by atoms with Gasteiger partial charge in [-0.3, -0.25) is 4.79 Å². The number of amides is 1. The van der Waals surface area contributed by atoms with Crippen molar-refractivity contribution < 1.29 is 18.0 Å². The summed E-state index contributed by atoms with van der Waals surface area (Å²) in [6.07, 6.45) is -1.82. The number of carbonyl (C=O) groups excluding carboxylic acids is 1. The quantitative estimate of drug-likeness (QED) is 0.852. The summed E-state index contributed by atoms with van der Waals surface area (Å²) in [6.45, 7) is 5.38. The van der Waals surface area contributed by atoms with Gasteiger partial charge >= 0.3 is 6.18 Å². The summed E-state index contributed by atoms with van der Waals surface area (Å²) < 4.78 is 38.3. The molecule has 0 saturated carbocycles. The fourth-order valence-electron chi connectivity index (χ4n) is 2.13. The van der Waals surface area contributed by atoms with Crippen LogP contribution in [0.15, 0.2) is 30.6 Å². The standard InChI is InChI=1S/C16H16ClF3N4O/c1-3-24(4-2)14-9-21-13(8-22-14)15(25)23-12-7-10(16(18,19)20)5-6-11(12)17/h5-9H,3-4H2,1-2H3,(H,23,25). The van der Waals surface area contributed by atoms with E-state index in [2.05, 4.69) is 15.3 Å². The van der Waals surface area contributed by atoms with Gasteiger partial charge in [0.25, 0.3) is 5.91 Å². The number of hydrogen-bond acceptors (Lipinski definition) is 4. The topological polar surface area (TPSA) is 58.1 Å². The van der Waals surface area contributed by atoms with Crippen LogP contribution in [-0.4, -0.2) is 29.0 Å². The van der Waals surface area contributed by atoms with E-state index in [-0.39, 0.29) is 16.4 Å². The fraction of sp³-hybridized carbons (Fsp3) is 0.312. The first-order chi connectivity index (χ1) is 11.8. The van der Waals surface area contributed by atoms with Gasteiger partial charge in [0.15, 0.2) is 0 Å². The van der Waals surface area contributed by atoms with E-state index >= 15 is 0 Å². The van der Waals surface area contributed by atoms with E-state index in [1.165, 1.54) is 12.4 Å². The molecule has 0 fully saturated rings. The first-order valence-corrected chi connectivity index (χ1v) is 7.89. The molecule has 2 aromatic rings. The lowest BCUT2D eigenvalue weighted by atomic mass is 10.2. The third kappa shape index (κ3) is 4.60. The molecule has 1 amide bonds. The van der Waals surface area contributed by atoms with Gasteiger partial charge in [-0.1, -0.05) is 11.6 Å². The molecule has 2 rings (SSSR count). The van der Waals surface area contributed by atoms with Crippen LogP contribution in [0.4, 0.5) is 24.7 Å². The van der Waals surface area contributed by atoms with E-state index < -0.39 is 17.6 Å². The highest BCUT2D eigenvalue weighted by Gasteiger charge is 2.31. The first kappa shape index (κ1) is 19.0. The maximum absolute atomic E-state index is 12.8. The van der Waals surface area contributed by atoms with Gasteiger partial charge in [0.1, 0.15) is 11.5 Å². The SMILES string of the molecule is CCN(CC)c1cnc(C(=O)Nc2cc(C(F)(F)F)ccc2Cl)cn1. The van der Waals surface area contributed by atoms with Crippen molar-refractivity contribution in [2.45, 2.75) is 20.0 Å². The average Bonchev–Trinajstić information content (AvgIpc) is 2.57. The maximum atomic E-state index is 12.8. The number of anilines is 2. The number of carbonyl (C=O) groups is 1. The molecular formula is C16H16ClF3N4O. The van der Waals surface area contributed by atoms with Crippen molar-refractivity contribution in [3.63, 3.8) is 0 Å². The van der Waals surface area contributed by atoms with Crippen LogP contribution in [0.2, 0.25) is 5.02 Å². The van der Waals surface area contributed by atoms with Crippen LogP contribution in [0.1, 0.15) is 29.9 Å². The molecule has 25 heavy (non-hydrogen) atoms. The molecule has 0 aliphatic rings. The Balaban J connectivity index is 2.20. The van der Waals surface area contributed by atoms with E-state index in [9.17, 15) is 18.0 Å². The molecule has 134 valence electrons. The second-order valence-corrected chi connectivity index (χ2v) is 5.49. The highest BCUT2D eigenvalue weighted by Crippen LogP contribution is 2.33. The zero-order valence-electron chi connectivity index (χ0n) is 13.6. The minimum Gasteiger partial charge on any atom is -0.356 e. The van der Waals surface area contributed by atoms with Crippen molar-refractivity contribution in [2.24, 2.45) is 0 Å². The van der Waals surface area contributed by atoms with Crippen molar-refractivity contribution in [1.82, 2.24) is 9.97 Å². The van der Waals surface area contributed by atoms with Crippen molar-refractivity contribution >= 4 is 29.0 Å². The number of alkyl halides is 3. The van der Waals surface area contributed by atoms with Crippen LogP contribution in [-0.2, 0) is 6.18 Å². The molecule has 0 spiro atoms. The molecule has 0 radical (unpaired) electrons. The molecule has 1 heterocycles. The third-order valence-electron chi connectivity index (χ3n) is 3.50. The largest absolute Gasteiger partial charge is 0.416 e. The van der Waals surface area contributed by atoms with Crippen molar-refractivity contribution in [3.05, 3.63) is 46.9 Å². The van der Waals surface area contributed by atoms with E-state index in [0.717, 1.165) is 31.3 Å². The monoisotopic (exact) mass is 372 g/mol. The van der Waals surface area contributed by atoms with E-state index in [1.54, 1.807) is 0 Å². The van der Waals surface area contributed by atoms with E-state index in [4.69, 9.17) is 11.6 Å². The van der Waals surface area contributed by atoms with Gasteiger partial charge in [-0.2, -0.15) is 13.2 Å². The second kappa shape index (κ2) is 7.69. The van der Waals surface area contributed by atoms with Gasteiger partial charge in [0, 0.05) is 13.1 Å². The van der Waals surface area contributed by atoms with Gasteiger partial charge in [-0.05, 0) is 32.0 Å². The molecule has 1 N–H and O–H groups in total. The molecule has 0 saturated heterocycles. The number of halogens is 4. The minimum absolute atomic E-state index is 0.00549. The van der Waals surface area contributed by atoms with Crippen LogP contribution in [0, 0.1) is 0 Å². The zero-order chi connectivity index (χ0) is 18.6. The molecule has 0 unspecified atom stereocenters. The third-order valence-corrected chi connectivity index (χ3v) is 3.83. The number of benzene rings is 1. The molecule has 0 atom stereocenters. The molecule has 0 aliphatic carbocycles. The number of aromatic nitrogens is 2. The Morgan fingerprint density at radius 2 is 1.88 bits per heavy atom.